The first kappa shape index (κ1) is 22.1. The highest BCUT2D eigenvalue weighted by molar-refractivity contribution is 7.99. The number of hydrogen-bond acceptors (Lipinski definition) is 6. The fourth-order valence-corrected chi connectivity index (χ4v) is 4.73. The minimum atomic E-state index is -0.107. The van der Waals surface area contributed by atoms with E-state index in [1.54, 1.807) is 31.3 Å². The number of aromatic nitrogens is 2. The molecule has 0 unspecified atom stereocenters. The number of benzene rings is 2. The number of carbonyl (C=O) groups excluding carboxylic acids is 1. The van der Waals surface area contributed by atoms with E-state index in [1.807, 2.05) is 25.1 Å². The molecule has 32 heavy (non-hydrogen) atoms. The molecule has 4 rings (SSSR count). The van der Waals surface area contributed by atoms with E-state index < -0.39 is 0 Å². The van der Waals surface area contributed by atoms with Gasteiger partial charge in [0.15, 0.2) is 5.82 Å². The molecule has 3 aromatic rings. The second-order valence-corrected chi connectivity index (χ2v) is 9.12. The van der Waals surface area contributed by atoms with Gasteiger partial charge in [0.25, 0.3) is 0 Å². The van der Waals surface area contributed by atoms with Crippen LogP contribution in [0, 0.1) is 19.8 Å². The van der Waals surface area contributed by atoms with Crippen LogP contribution in [0.3, 0.4) is 0 Å². The maximum atomic E-state index is 13.0. The third kappa shape index (κ3) is 5.22. The monoisotopic (exact) mass is 448 g/mol. The molecule has 1 fully saturated rings. The number of nitrogens with one attached hydrogen (secondary N) is 1. The molecule has 0 radical (unpaired) electrons. The van der Waals surface area contributed by atoms with E-state index in [4.69, 9.17) is 4.74 Å². The molecule has 1 aromatic heterocycles. The fourth-order valence-electron chi connectivity index (χ4n) is 3.85. The maximum Gasteiger partial charge on any atom is 0.229 e. The van der Waals surface area contributed by atoms with E-state index in [2.05, 4.69) is 51.4 Å². The van der Waals surface area contributed by atoms with Crippen LogP contribution in [0.2, 0.25) is 0 Å². The van der Waals surface area contributed by atoms with Crippen LogP contribution in [-0.4, -0.2) is 36.1 Å². The molecule has 166 valence electrons. The van der Waals surface area contributed by atoms with Crippen LogP contribution in [0.15, 0.2) is 64.8 Å². The highest BCUT2D eigenvalue weighted by Crippen LogP contribution is 2.34. The number of aryl methyl sites for hydroxylation is 2. The van der Waals surface area contributed by atoms with Crippen molar-refractivity contribution >= 4 is 29.2 Å². The summed E-state index contributed by atoms with van der Waals surface area (Å²) in [5.74, 6) is 1.56. The summed E-state index contributed by atoms with van der Waals surface area (Å²) in [6, 6.07) is 14.1. The van der Waals surface area contributed by atoms with Gasteiger partial charge in [-0.1, -0.05) is 29.5 Å². The molecule has 0 bridgehead atoms. The summed E-state index contributed by atoms with van der Waals surface area (Å²) < 4.78 is 5.26. The van der Waals surface area contributed by atoms with Gasteiger partial charge in [-0.15, -0.1) is 0 Å². The zero-order valence-corrected chi connectivity index (χ0v) is 19.5. The highest BCUT2D eigenvalue weighted by atomic mass is 32.2. The molecule has 1 saturated heterocycles. The van der Waals surface area contributed by atoms with Crippen molar-refractivity contribution in [3.8, 4) is 5.75 Å². The quantitative estimate of drug-likeness (QED) is 0.565. The standard InChI is InChI=1S/C25H28N4O2S/c1-17-6-9-21(10-7-17)32-25-23(26-12-13-27-25)29-14-4-5-19(16-29)24(30)28-22-11-8-20(31-3)15-18(22)2/h6-13,15,19H,4-5,14,16H2,1-3H3,(H,28,30)/t19-/m1/s1. The van der Waals surface area contributed by atoms with Crippen LogP contribution in [0.5, 0.6) is 5.75 Å². The van der Waals surface area contributed by atoms with Crippen molar-refractivity contribution in [3.05, 3.63) is 66.0 Å². The molecule has 1 atom stereocenters. The number of ether oxygens (including phenoxy) is 1. The van der Waals surface area contributed by atoms with Crippen LogP contribution in [0.25, 0.3) is 0 Å². The van der Waals surface area contributed by atoms with E-state index >= 15 is 0 Å². The highest BCUT2D eigenvalue weighted by Gasteiger charge is 2.28. The average Bonchev–Trinajstić information content (AvgIpc) is 2.82. The number of carbonyl (C=O) groups is 1. The minimum Gasteiger partial charge on any atom is -0.497 e. The maximum absolute atomic E-state index is 13.0. The number of hydrogen-bond donors (Lipinski definition) is 1. The Balaban J connectivity index is 1.47. The average molecular weight is 449 g/mol. The van der Waals surface area contributed by atoms with Crippen molar-refractivity contribution in [2.75, 3.05) is 30.4 Å². The van der Waals surface area contributed by atoms with Gasteiger partial charge in [-0.05, 0) is 62.6 Å². The predicted octanol–water partition coefficient (Wildman–Crippen LogP) is 5.11. The molecule has 0 aliphatic carbocycles. The smallest absolute Gasteiger partial charge is 0.229 e. The number of methoxy groups -OCH3 is 1. The molecular formula is C25H28N4O2S. The number of amides is 1. The Kier molecular flexibility index (Phi) is 6.95. The Morgan fingerprint density at radius 1 is 1.12 bits per heavy atom. The van der Waals surface area contributed by atoms with Crippen LogP contribution in [0.1, 0.15) is 24.0 Å². The molecule has 1 amide bonds. The Bertz CT molecular complexity index is 1090. The zero-order valence-electron chi connectivity index (χ0n) is 18.7. The van der Waals surface area contributed by atoms with Gasteiger partial charge in [0.1, 0.15) is 10.8 Å². The summed E-state index contributed by atoms with van der Waals surface area (Å²) in [4.78, 5) is 25.6. The molecule has 7 heteroatoms. The summed E-state index contributed by atoms with van der Waals surface area (Å²) in [5, 5.41) is 3.96. The predicted molar refractivity (Wildman–Crippen MR) is 129 cm³/mol. The Morgan fingerprint density at radius 3 is 2.66 bits per heavy atom. The summed E-state index contributed by atoms with van der Waals surface area (Å²) in [7, 11) is 1.64. The second kappa shape index (κ2) is 10.0. The lowest BCUT2D eigenvalue weighted by Gasteiger charge is -2.33. The SMILES string of the molecule is COc1ccc(NC(=O)[C@@H]2CCCN(c3nccnc3Sc3ccc(C)cc3)C2)c(C)c1. The Morgan fingerprint density at radius 2 is 1.91 bits per heavy atom. The Labute approximate surface area is 193 Å². The molecule has 2 aromatic carbocycles. The molecule has 1 aliphatic heterocycles. The van der Waals surface area contributed by atoms with Gasteiger partial charge < -0.3 is 15.0 Å². The van der Waals surface area contributed by atoms with E-state index in [1.165, 1.54) is 5.56 Å². The van der Waals surface area contributed by atoms with Crippen molar-refractivity contribution in [3.63, 3.8) is 0 Å². The van der Waals surface area contributed by atoms with Crippen LogP contribution < -0.4 is 15.0 Å². The number of piperidine rings is 1. The van der Waals surface area contributed by atoms with E-state index in [9.17, 15) is 4.79 Å². The van der Waals surface area contributed by atoms with Crippen LogP contribution >= 0.6 is 11.8 Å². The number of anilines is 2. The number of nitrogens with zero attached hydrogens (tertiary/aromatic N) is 3. The van der Waals surface area contributed by atoms with E-state index in [0.717, 1.165) is 52.1 Å². The summed E-state index contributed by atoms with van der Waals surface area (Å²) in [5.41, 5.74) is 3.03. The molecule has 0 saturated carbocycles. The zero-order chi connectivity index (χ0) is 22.5. The van der Waals surface area contributed by atoms with Crippen molar-refractivity contribution in [1.82, 2.24) is 9.97 Å². The van der Waals surface area contributed by atoms with Gasteiger partial charge >= 0.3 is 0 Å². The summed E-state index contributed by atoms with van der Waals surface area (Å²) >= 11 is 1.61. The van der Waals surface area contributed by atoms with Gasteiger partial charge in [-0.25, -0.2) is 9.97 Å². The van der Waals surface area contributed by atoms with Gasteiger partial charge in [-0.3, -0.25) is 4.79 Å². The van der Waals surface area contributed by atoms with Gasteiger partial charge in [0, 0.05) is 36.1 Å². The van der Waals surface area contributed by atoms with Gasteiger partial charge in [-0.2, -0.15) is 0 Å². The molecule has 1 N–H and O–H groups in total. The van der Waals surface area contributed by atoms with Crippen molar-refractivity contribution in [2.45, 2.75) is 36.6 Å². The van der Waals surface area contributed by atoms with E-state index in [-0.39, 0.29) is 11.8 Å². The second-order valence-electron chi connectivity index (χ2n) is 8.06. The van der Waals surface area contributed by atoms with Gasteiger partial charge in [0.2, 0.25) is 5.91 Å². The lowest BCUT2D eigenvalue weighted by Crippen LogP contribution is -2.41. The van der Waals surface area contributed by atoms with E-state index in [0.29, 0.717) is 6.54 Å². The molecule has 1 aliphatic rings. The van der Waals surface area contributed by atoms with Crippen molar-refractivity contribution in [1.29, 1.82) is 0 Å². The van der Waals surface area contributed by atoms with Crippen LogP contribution in [0.4, 0.5) is 11.5 Å². The molecule has 0 spiro atoms. The minimum absolute atomic E-state index is 0.0413. The van der Waals surface area contributed by atoms with Gasteiger partial charge in [0.05, 0.1) is 13.0 Å². The lowest BCUT2D eigenvalue weighted by molar-refractivity contribution is -0.120. The molecule has 6 nitrogen and oxygen atoms in total. The largest absolute Gasteiger partial charge is 0.497 e. The number of rotatable bonds is 6. The van der Waals surface area contributed by atoms with Crippen molar-refractivity contribution < 1.29 is 9.53 Å². The summed E-state index contributed by atoms with van der Waals surface area (Å²) in [6.07, 6.45) is 5.24. The normalized spacial score (nSPS) is 16.0. The molecular weight excluding hydrogens is 420 g/mol. The Hall–Kier alpha value is -3.06. The van der Waals surface area contributed by atoms with Crippen LogP contribution in [-0.2, 0) is 4.79 Å². The summed E-state index contributed by atoms with van der Waals surface area (Å²) in [6.45, 7) is 5.54. The fraction of sp³-hybridized carbons (Fsp3) is 0.320. The third-order valence-electron chi connectivity index (χ3n) is 5.67. The third-order valence-corrected chi connectivity index (χ3v) is 6.65. The van der Waals surface area contributed by atoms with Crippen molar-refractivity contribution in [2.24, 2.45) is 5.92 Å². The lowest BCUT2D eigenvalue weighted by atomic mass is 9.97. The first-order valence-corrected chi connectivity index (χ1v) is 11.6. The topological polar surface area (TPSA) is 67.3 Å². The first-order valence-electron chi connectivity index (χ1n) is 10.8. The molecule has 2 heterocycles. The first-order chi connectivity index (χ1) is 15.5.